The molecule has 1 aromatic heterocycles. The summed E-state index contributed by atoms with van der Waals surface area (Å²) < 4.78 is 10.9. The van der Waals surface area contributed by atoms with E-state index in [0.717, 1.165) is 53.0 Å². The largest absolute Gasteiger partial charge is 0.455 e. The predicted molar refractivity (Wildman–Crippen MR) is 131 cm³/mol. The molecule has 0 spiro atoms. The van der Waals surface area contributed by atoms with Crippen molar-refractivity contribution in [2.45, 2.75) is 32.6 Å². The lowest BCUT2D eigenvalue weighted by Gasteiger charge is -2.13. The normalized spacial score (nSPS) is 14.0. The molecule has 0 saturated carbocycles. The number of ether oxygens (including phenoxy) is 1. The number of methoxy groups -OCH3 is 1. The molecule has 2 N–H and O–H groups in total. The fraction of sp³-hybridized carbons (Fsp3) is 0.296. The highest BCUT2D eigenvalue weighted by atomic mass is 16.5. The highest BCUT2D eigenvalue weighted by molar-refractivity contribution is 6.07. The average molecular weight is 460 g/mol. The number of hydrogen-bond donors (Lipinski definition) is 2. The Labute approximate surface area is 199 Å². The van der Waals surface area contributed by atoms with E-state index in [1.165, 1.54) is 0 Å². The Morgan fingerprint density at radius 2 is 1.74 bits per heavy atom. The van der Waals surface area contributed by atoms with Gasteiger partial charge < -0.3 is 14.5 Å². The van der Waals surface area contributed by atoms with Gasteiger partial charge in [0.1, 0.15) is 5.76 Å². The van der Waals surface area contributed by atoms with Gasteiger partial charge in [-0.05, 0) is 49.4 Å². The highest BCUT2D eigenvalue weighted by Crippen LogP contribution is 2.30. The fourth-order valence-corrected chi connectivity index (χ4v) is 4.12. The molecule has 2 aromatic carbocycles. The van der Waals surface area contributed by atoms with Crippen molar-refractivity contribution in [2.75, 3.05) is 20.3 Å². The minimum atomic E-state index is -0.281. The first kappa shape index (κ1) is 23.4. The number of hydrazone groups is 1. The molecule has 4 rings (SSSR count). The van der Waals surface area contributed by atoms with Crippen LogP contribution in [0.4, 0.5) is 0 Å². The molecule has 0 bridgehead atoms. The number of nitrogens with zero attached hydrogens (tertiary/aromatic N) is 1. The van der Waals surface area contributed by atoms with Crippen molar-refractivity contribution >= 4 is 17.5 Å². The lowest BCUT2D eigenvalue weighted by atomic mass is 9.93. The zero-order valence-electron chi connectivity index (χ0n) is 19.5. The molecule has 0 fully saturated rings. The molecule has 0 atom stereocenters. The van der Waals surface area contributed by atoms with E-state index in [1.807, 2.05) is 49.4 Å². The number of rotatable bonds is 8. The van der Waals surface area contributed by atoms with Crippen LogP contribution >= 0.6 is 0 Å². The van der Waals surface area contributed by atoms with E-state index in [-0.39, 0.29) is 11.8 Å². The second kappa shape index (κ2) is 10.9. The third-order valence-electron chi connectivity index (χ3n) is 5.89. The predicted octanol–water partition coefficient (Wildman–Crippen LogP) is 4.49. The van der Waals surface area contributed by atoms with Gasteiger partial charge in [0.15, 0.2) is 5.76 Å². The summed E-state index contributed by atoms with van der Waals surface area (Å²) in [6.07, 6.45) is 3.01. The summed E-state index contributed by atoms with van der Waals surface area (Å²) in [6, 6.07) is 17.4. The Balaban J connectivity index is 1.46. The van der Waals surface area contributed by atoms with Gasteiger partial charge in [-0.15, -0.1) is 0 Å². The lowest BCUT2D eigenvalue weighted by Crippen LogP contribution is -2.25. The van der Waals surface area contributed by atoms with E-state index < -0.39 is 0 Å². The Bertz CT molecular complexity index is 1180. The van der Waals surface area contributed by atoms with Crippen molar-refractivity contribution in [1.29, 1.82) is 0 Å². The average Bonchev–Trinajstić information content (AvgIpc) is 3.23. The van der Waals surface area contributed by atoms with Gasteiger partial charge in [-0.25, -0.2) is 5.43 Å². The van der Waals surface area contributed by atoms with E-state index in [1.54, 1.807) is 19.2 Å². The molecule has 7 nitrogen and oxygen atoms in total. The number of nitrogens with one attached hydrogen (secondary N) is 2. The Kier molecular flexibility index (Phi) is 7.54. The maximum absolute atomic E-state index is 12.7. The molecular weight excluding hydrogens is 430 g/mol. The van der Waals surface area contributed by atoms with Gasteiger partial charge in [-0.1, -0.05) is 42.5 Å². The van der Waals surface area contributed by atoms with Crippen LogP contribution in [0.25, 0.3) is 11.1 Å². The van der Waals surface area contributed by atoms with Crippen LogP contribution in [0, 0.1) is 6.92 Å². The van der Waals surface area contributed by atoms with E-state index in [4.69, 9.17) is 9.15 Å². The van der Waals surface area contributed by atoms with Crippen molar-refractivity contribution < 1.29 is 18.7 Å². The van der Waals surface area contributed by atoms with Crippen LogP contribution in [0.1, 0.15) is 57.1 Å². The lowest BCUT2D eigenvalue weighted by molar-refractivity contribution is 0.0916. The summed E-state index contributed by atoms with van der Waals surface area (Å²) in [6.45, 7) is 2.95. The second-order valence-corrected chi connectivity index (χ2v) is 8.25. The minimum Gasteiger partial charge on any atom is -0.455 e. The maximum Gasteiger partial charge on any atom is 0.287 e. The first-order valence-electron chi connectivity index (χ1n) is 11.5. The first-order valence-corrected chi connectivity index (χ1v) is 11.5. The number of hydrogen-bond acceptors (Lipinski definition) is 5. The topological polar surface area (TPSA) is 92.9 Å². The Morgan fingerprint density at radius 1 is 1.00 bits per heavy atom. The summed E-state index contributed by atoms with van der Waals surface area (Å²) in [7, 11) is 1.63. The van der Waals surface area contributed by atoms with Gasteiger partial charge in [0, 0.05) is 43.4 Å². The van der Waals surface area contributed by atoms with Gasteiger partial charge in [0.05, 0.1) is 5.71 Å². The second-order valence-electron chi connectivity index (χ2n) is 8.25. The molecule has 1 heterocycles. The summed E-state index contributed by atoms with van der Waals surface area (Å²) in [4.78, 5) is 25.3. The standard InChI is InChI=1S/C27H29N3O4/c1-18-24-22(10-6-11-23(24)34-25(18)27(32)28-16-7-17-33-2)29-30-26(31)21-14-12-20(13-15-21)19-8-4-3-5-9-19/h3-5,8-9,12-15H,6-7,10-11,16-17H2,1-2H3,(H,28,32)(H,30,31)/b29-22+. The van der Waals surface area contributed by atoms with Crippen LogP contribution in [-0.2, 0) is 11.2 Å². The number of furan rings is 1. The molecule has 2 amide bonds. The van der Waals surface area contributed by atoms with Crippen LogP contribution in [-0.4, -0.2) is 37.8 Å². The molecule has 0 radical (unpaired) electrons. The summed E-state index contributed by atoms with van der Waals surface area (Å²) in [5.74, 6) is 0.521. The molecule has 3 aromatic rings. The molecule has 1 aliphatic rings. The first-order chi connectivity index (χ1) is 16.6. The van der Waals surface area contributed by atoms with Crippen molar-refractivity contribution in [1.82, 2.24) is 10.7 Å². The molecule has 7 heteroatoms. The number of benzene rings is 2. The third-order valence-corrected chi connectivity index (χ3v) is 5.89. The third kappa shape index (κ3) is 5.26. The number of carbonyl (C=O) groups excluding carboxylic acids is 2. The van der Waals surface area contributed by atoms with Crippen LogP contribution < -0.4 is 10.7 Å². The summed E-state index contributed by atoms with van der Waals surface area (Å²) in [5, 5.41) is 7.27. The summed E-state index contributed by atoms with van der Waals surface area (Å²) >= 11 is 0. The zero-order chi connectivity index (χ0) is 23.9. The van der Waals surface area contributed by atoms with Gasteiger partial charge in [0.2, 0.25) is 0 Å². The van der Waals surface area contributed by atoms with Gasteiger partial charge in [0.25, 0.3) is 11.8 Å². The SMILES string of the molecule is COCCCNC(=O)c1oc2c(c1C)/C(=N/NC(=O)c1ccc(-c3ccccc3)cc1)CCC2. The molecule has 0 saturated heterocycles. The minimum absolute atomic E-state index is 0.245. The van der Waals surface area contributed by atoms with Crippen molar-refractivity contribution in [2.24, 2.45) is 5.10 Å². The molecule has 1 aliphatic carbocycles. The Hall–Kier alpha value is -3.71. The van der Waals surface area contributed by atoms with Crippen LogP contribution in [0.3, 0.4) is 0 Å². The number of fused-ring (bicyclic) bond motifs is 1. The van der Waals surface area contributed by atoms with Crippen LogP contribution in [0.2, 0.25) is 0 Å². The highest BCUT2D eigenvalue weighted by Gasteiger charge is 2.28. The van der Waals surface area contributed by atoms with Gasteiger partial charge in [-0.3, -0.25) is 9.59 Å². The smallest absolute Gasteiger partial charge is 0.287 e. The molecule has 0 aliphatic heterocycles. The zero-order valence-corrected chi connectivity index (χ0v) is 19.5. The monoisotopic (exact) mass is 459 g/mol. The molecule has 176 valence electrons. The summed E-state index contributed by atoms with van der Waals surface area (Å²) in [5.41, 5.74) is 7.65. The van der Waals surface area contributed by atoms with Crippen LogP contribution in [0.15, 0.2) is 64.1 Å². The van der Waals surface area contributed by atoms with Gasteiger partial charge in [-0.2, -0.15) is 5.10 Å². The fourth-order valence-electron chi connectivity index (χ4n) is 4.12. The number of carbonyl (C=O) groups is 2. The van der Waals surface area contributed by atoms with E-state index >= 15 is 0 Å². The van der Waals surface area contributed by atoms with Crippen molar-refractivity contribution in [3.8, 4) is 11.1 Å². The Morgan fingerprint density at radius 3 is 2.47 bits per heavy atom. The van der Waals surface area contributed by atoms with Crippen molar-refractivity contribution in [3.63, 3.8) is 0 Å². The molecule has 34 heavy (non-hydrogen) atoms. The molecule has 0 unspecified atom stereocenters. The number of amides is 2. The van der Waals surface area contributed by atoms with Gasteiger partial charge >= 0.3 is 0 Å². The van der Waals surface area contributed by atoms with E-state index in [0.29, 0.717) is 30.9 Å². The van der Waals surface area contributed by atoms with E-state index in [9.17, 15) is 9.59 Å². The van der Waals surface area contributed by atoms with E-state index in [2.05, 4.69) is 15.8 Å². The van der Waals surface area contributed by atoms with Crippen LogP contribution in [0.5, 0.6) is 0 Å². The van der Waals surface area contributed by atoms with Crippen molar-refractivity contribution in [3.05, 3.63) is 82.8 Å². The number of aryl methyl sites for hydroxylation is 1. The molecular formula is C27H29N3O4. The maximum atomic E-state index is 12.7. The quantitative estimate of drug-likeness (QED) is 0.383.